The van der Waals surface area contributed by atoms with E-state index in [9.17, 15) is 27.7 Å². The summed E-state index contributed by atoms with van der Waals surface area (Å²) in [4.78, 5) is 31.4. The van der Waals surface area contributed by atoms with Crippen LogP contribution in [0.5, 0.6) is 11.5 Å². The second-order valence-corrected chi connectivity index (χ2v) is 13.6. The van der Waals surface area contributed by atoms with Gasteiger partial charge >= 0.3 is 16.3 Å². The van der Waals surface area contributed by atoms with Crippen LogP contribution in [0.2, 0.25) is 0 Å². The Balaban J connectivity index is 1.52. The van der Waals surface area contributed by atoms with Crippen molar-refractivity contribution in [3.05, 3.63) is 58.4 Å². The molecule has 242 valence electrons. The third kappa shape index (κ3) is 7.87. The van der Waals surface area contributed by atoms with Crippen LogP contribution >= 0.6 is 0 Å². The molecule has 0 aliphatic carbocycles. The van der Waals surface area contributed by atoms with E-state index in [4.69, 9.17) is 9.47 Å². The number of amides is 1. The molecule has 2 aromatic carbocycles. The Hall–Kier alpha value is -4.29. The summed E-state index contributed by atoms with van der Waals surface area (Å²) in [6.45, 7) is 7.47. The summed E-state index contributed by atoms with van der Waals surface area (Å²) in [6, 6.07) is 8.09. The van der Waals surface area contributed by atoms with Crippen LogP contribution in [-0.2, 0) is 21.5 Å². The lowest BCUT2D eigenvalue weighted by molar-refractivity contribution is 0.000516. The Morgan fingerprint density at radius 2 is 1.91 bits per heavy atom. The van der Waals surface area contributed by atoms with Crippen LogP contribution < -0.4 is 15.0 Å². The van der Waals surface area contributed by atoms with Gasteiger partial charge in [0.25, 0.3) is 5.56 Å². The number of aryl methyl sites for hydroxylation is 1. The lowest BCUT2D eigenvalue weighted by Gasteiger charge is -2.37. The molecule has 1 fully saturated rings. The predicted octanol–water partition coefficient (Wildman–Crippen LogP) is 4.94. The third-order valence-corrected chi connectivity index (χ3v) is 9.00. The lowest BCUT2D eigenvalue weighted by atomic mass is 9.90. The van der Waals surface area contributed by atoms with Crippen molar-refractivity contribution in [1.82, 2.24) is 18.8 Å². The molecule has 1 aromatic heterocycles. The first-order chi connectivity index (χ1) is 21.1. The van der Waals surface area contributed by atoms with E-state index in [-0.39, 0.29) is 62.3 Å². The lowest BCUT2D eigenvalue weighted by Crippen LogP contribution is -2.46. The minimum Gasteiger partial charge on any atom is -0.453 e. The van der Waals surface area contributed by atoms with E-state index in [1.807, 2.05) is 0 Å². The largest absolute Gasteiger partial charge is 0.453 e. The number of carbonyl (C=O) groups excluding carboxylic acids is 1. The van der Waals surface area contributed by atoms with Crippen LogP contribution in [-0.4, -0.2) is 71.2 Å². The summed E-state index contributed by atoms with van der Waals surface area (Å²) in [7, 11) is -2.68. The summed E-state index contributed by atoms with van der Waals surface area (Å²) in [6.07, 6.45) is 1.04. The average Bonchev–Trinajstić information content (AvgIpc) is 2.97. The third-order valence-electron chi connectivity index (χ3n) is 7.44. The monoisotopic (exact) mass is 646 g/mol. The van der Waals surface area contributed by atoms with E-state index in [0.717, 1.165) is 16.4 Å². The minimum atomic E-state index is -4.02. The number of nitriles is 1. The fourth-order valence-corrected chi connectivity index (χ4v) is 5.65. The number of ether oxygens (including phenoxy) is 2. The Bertz CT molecular complexity index is 1790. The number of rotatable bonds is 9. The van der Waals surface area contributed by atoms with Crippen LogP contribution in [0, 0.1) is 17.1 Å². The number of piperidine rings is 1. The van der Waals surface area contributed by atoms with Crippen molar-refractivity contribution in [2.24, 2.45) is 0 Å². The molecule has 1 amide bonds. The van der Waals surface area contributed by atoms with Crippen LogP contribution in [0.25, 0.3) is 10.9 Å². The Morgan fingerprint density at radius 1 is 1.22 bits per heavy atom. The van der Waals surface area contributed by atoms with E-state index < -0.39 is 50.3 Å². The summed E-state index contributed by atoms with van der Waals surface area (Å²) in [5.41, 5.74) is -2.99. The predicted molar refractivity (Wildman–Crippen MR) is 164 cm³/mol. The van der Waals surface area contributed by atoms with Gasteiger partial charge in [-0.3, -0.25) is 14.1 Å². The normalized spacial score (nSPS) is 15.1. The molecule has 1 aliphatic heterocycles. The summed E-state index contributed by atoms with van der Waals surface area (Å²) >= 11 is 0. The Morgan fingerprint density at radius 3 is 2.53 bits per heavy atom. The second-order valence-electron chi connectivity index (χ2n) is 11.8. The molecule has 0 spiro atoms. The summed E-state index contributed by atoms with van der Waals surface area (Å²) in [5, 5.41) is 9.87. The van der Waals surface area contributed by atoms with E-state index in [1.54, 1.807) is 33.8 Å². The van der Waals surface area contributed by atoms with Crippen molar-refractivity contribution in [1.29, 1.82) is 5.26 Å². The first kappa shape index (κ1) is 33.6. The van der Waals surface area contributed by atoms with Crippen molar-refractivity contribution in [3.63, 3.8) is 0 Å². The van der Waals surface area contributed by atoms with Crippen molar-refractivity contribution in [2.45, 2.75) is 64.8 Å². The zero-order valence-corrected chi connectivity index (χ0v) is 26.6. The molecule has 4 rings (SSSR count). The number of carbonyl (C=O) groups is 1. The number of aromatic nitrogens is 2. The molecule has 15 heteroatoms. The minimum absolute atomic E-state index is 0.00305. The zero-order valence-electron chi connectivity index (χ0n) is 25.8. The van der Waals surface area contributed by atoms with Crippen molar-refractivity contribution >= 4 is 32.9 Å². The number of hydrogen-bond donors (Lipinski definition) is 1. The number of benzene rings is 2. The van der Waals surface area contributed by atoms with Gasteiger partial charge in [-0.05, 0) is 70.4 Å². The Kier molecular flexibility index (Phi) is 9.69. The molecule has 1 saturated heterocycles. The highest BCUT2D eigenvalue weighted by Crippen LogP contribution is 2.35. The molecule has 0 atom stereocenters. The standard InChI is InChI=1S/C30H36F2N6O6S/c1-6-36(5)45(41,42)35-25-10-8-23(31)26(22(25)18-33)43-20-7-9-24-21(17-20)27(39)38(19-34-24)16-13-30(32)11-14-37(15-12-30)28(40)44-29(2,3)4/h7-10,17,19,35H,6,11-16H2,1-5H3. The molecule has 0 bridgehead atoms. The van der Waals surface area contributed by atoms with Gasteiger partial charge in [0.1, 0.15) is 28.7 Å². The average molecular weight is 647 g/mol. The van der Waals surface area contributed by atoms with E-state index in [0.29, 0.717) is 5.52 Å². The van der Waals surface area contributed by atoms with Gasteiger partial charge < -0.3 is 14.4 Å². The van der Waals surface area contributed by atoms with Crippen molar-refractivity contribution in [3.8, 4) is 17.6 Å². The highest BCUT2D eigenvalue weighted by Gasteiger charge is 2.37. The maximum absolute atomic E-state index is 15.7. The first-order valence-electron chi connectivity index (χ1n) is 14.4. The molecule has 0 saturated carbocycles. The van der Waals surface area contributed by atoms with Gasteiger partial charge in [-0.1, -0.05) is 6.92 Å². The summed E-state index contributed by atoms with van der Waals surface area (Å²) < 4.78 is 71.1. The van der Waals surface area contributed by atoms with E-state index in [2.05, 4.69) is 9.71 Å². The first-order valence-corrected chi connectivity index (χ1v) is 15.8. The van der Waals surface area contributed by atoms with Crippen LogP contribution in [0.3, 0.4) is 0 Å². The van der Waals surface area contributed by atoms with Gasteiger partial charge in [-0.15, -0.1) is 0 Å². The fourth-order valence-electron chi connectivity index (χ4n) is 4.71. The topological polar surface area (TPSA) is 147 Å². The Labute approximate surface area is 260 Å². The van der Waals surface area contributed by atoms with E-state index in [1.165, 1.54) is 41.0 Å². The fraction of sp³-hybridized carbons (Fsp3) is 0.467. The van der Waals surface area contributed by atoms with Crippen LogP contribution in [0.4, 0.5) is 19.3 Å². The number of halogens is 2. The smallest absolute Gasteiger partial charge is 0.410 e. The number of nitrogens with zero attached hydrogens (tertiary/aromatic N) is 5. The maximum Gasteiger partial charge on any atom is 0.410 e. The molecular weight excluding hydrogens is 610 g/mol. The molecular formula is C30H36F2N6O6S. The van der Waals surface area contributed by atoms with Gasteiger partial charge in [0, 0.05) is 33.2 Å². The molecule has 1 aliphatic rings. The van der Waals surface area contributed by atoms with Gasteiger partial charge in [-0.2, -0.15) is 18.0 Å². The van der Waals surface area contributed by atoms with Crippen molar-refractivity contribution in [2.75, 3.05) is 31.4 Å². The molecule has 3 aromatic rings. The van der Waals surface area contributed by atoms with Crippen LogP contribution in [0.15, 0.2) is 41.5 Å². The van der Waals surface area contributed by atoms with E-state index >= 15 is 4.39 Å². The van der Waals surface area contributed by atoms with Crippen LogP contribution in [0.1, 0.15) is 52.5 Å². The van der Waals surface area contributed by atoms with Gasteiger partial charge in [-0.25, -0.2) is 18.6 Å². The van der Waals surface area contributed by atoms with Crippen molar-refractivity contribution < 1.29 is 31.5 Å². The number of hydrogen-bond acceptors (Lipinski definition) is 8. The number of likely N-dealkylation sites (tertiary alicyclic amines) is 1. The second kappa shape index (κ2) is 13.0. The van der Waals surface area contributed by atoms with Gasteiger partial charge in [0.15, 0.2) is 11.6 Å². The molecule has 2 heterocycles. The summed E-state index contributed by atoms with van der Waals surface area (Å²) in [5.74, 6) is -1.46. The molecule has 12 nitrogen and oxygen atoms in total. The molecule has 0 unspecified atom stereocenters. The molecule has 45 heavy (non-hydrogen) atoms. The quantitative estimate of drug-likeness (QED) is 0.344. The molecule has 1 N–H and O–H groups in total. The molecule has 0 radical (unpaired) electrons. The highest BCUT2D eigenvalue weighted by atomic mass is 32.2. The highest BCUT2D eigenvalue weighted by molar-refractivity contribution is 7.90. The van der Waals surface area contributed by atoms with Gasteiger partial charge in [0.05, 0.1) is 22.9 Å². The maximum atomic E-state index is 15.7. The SMILES string of the molecule is CCN(C)S(=O)(=O)Nc1ccc(F)c(Oc2ccc3ncn(CCC4(F)CCN(C(=O)OC(C)(C)C)CC4)c(=O)c3c2)c1C#N. The number of alkyl halides is 1. The number of anilines is 1. The number of fused-ring (bicyclic) bond motifs is 1. The zero-order chi connectivity index (χ0) is 33.2. The number of nitrogens with one attached hydrogen (secondary N) is 1. The van der Waals surface area contributed by atoms with Gasteiger partial charge in [0.2, 0.25) is 0 Å².